The third-order valence-corrected chi connectivity index (χ3v) is 3.91. The van der Waals surface area contributed by atoms with Crippen LogP contribution in [0, 0.1) is 0 Å². The standard InChI is InChI=1S/C12H16N2O4S/c1-3-19(16,17)9(2)14-12(15)8-18-11-6-4-10(13)5-7-11/h3-7,9H,1,8,13H2,2H3,(H,14,15). The predicted molar refractivity (Wildman–Crippen MR) is 73.1 cm³/mol. The number of carbonyl (C=O) groups is 1. The molecule has 1 unspecified atom stereocenters. The first-order valence-corrected chi connectivity index (χ1v) is 7.10. The maximum atomic E-state index is 11.5. The molecular formula is C12H16N2O4S. The summed E-state index contributed by atoms with van der Waals surface area (Å²) < 4.78 is 27.9. The Bertz CT molecular complexity index is 552. The fraction of sp³-hybridized carbons (Fsp3) is 0.250. The summed E-state index contributed by atoms with van der Waals surface area (Å²) in [4.78, 5) is 11.5. The molecule has 0 aromatic heterocycles. The van der Waals surface area contributed by atoms with E-state index in [4.69, 9.17) is 10.5 Å². The third-order valence-electron chi connectivity index (χ3n) is 2.34. The van der Waals surface area contributed by atoms with Crippen molar-refractivity contribution in [3.63, 3.8) is 0 Å². The van der Waals surface area contributed by atoms with E-state index >= 15 is 0 Å². The van der Waals surface area contributed by atoms with Gasteiger partial charge in [-0.05, 0) is 31.2 Å². The number of anilines is 1. The van der Waals surface area contributed by atoms with Gasteiger partial charge in [0.25, 0.3) is 5.91 Å². The van der Waals surface area contributed by atoms with Gasteiger partial charge in [-0.15, -0.1) is 0 Å². The molecule has 0 radical (unpaired) electrons. The molecule has 3 N–H and O–H groups in total. The van der Waals surface area contributed by atoms with Crippen LogP contribution in [0.3, 0.4) is 0 Å². The Balaban J connectivity index is 2.48. The van der Waals surface area contributed by atoms with Crippen molar-refractivity contribution in [2.45, 2.75) is 12.3 Å². The Morgan fingerprint density at radius 2 is 2.05 bits per heavy atom. The number of nitrogens with one attached hydrogen (secondary N) is 1. The van der Waals surface area contributed by atoms with E-state index in [0.717, 1.165) is 5.41 Å². The Labute approximate surface area is 112 Å². The van der Waals surface area contributed by atoms with Crippen molar-refractivity contribution in [3.8, 4) is 5.75 Å². The lowest BCUT2D eigenvalue weighted by atomic mass is 10.3. The molecule has 0 saturated carbocycles. The fourth-order valence-corrected chi connectivity index (χ4v) is 1.79. The topological polar surface area (TPSA) is 98.5 Å². The lowest BCUT2D eigenvalue weighted by Crippen LogP contribution is -2.40. The van der Waals surface area contributed by atoms with E-state index in [2.05, 4.69) is 11.9 Å². The minimum atomic E-state index is -3.52. The molecule has 0 saturated heterocycles. The second-order valence-electron chi connectivity index (χ2n) is 3.82. The highest BCUT2D eigenvalue weighted by atomic mass is 32.2. The largest absolute Gasteiger partial charge is 0.484 e. The molecule has 1 atom stereocenters. The molecule has 0 heterocycles. The summed E-state index contributed by atoms with van der Waals surface area (Å²) in [5.74, 6) is -0.0571. The molecule has 6 nitrogen and oxygen atoms in total. The maximum Gasteiger partial charge on any atom is 0.258 e. The number of ether oxygens (including phenoxy) is 1. The van der Waals surface area contributed by atoms with Crippen LogP contribution in [0.5, 0.6) is 5.75 Å². The summed E-state index contributed by atoms with van der Waals surface area (Å²) in [5.41, 5.74) is 6.09. The van der Waals surface area contributed by atoms with E-state index in [-0.39, 0.29) is 6.61 Å². The number of amides is 1. The van der Waals surface area contributed by atoms with Crippen LogP contribution >= 0.6 is 0 Å². The van der Waals surface area contributed by atoms with Crippen LogP contribution in [0.1, 0.15) is 6.92 Å². The van der Waals surface area contributed by atoms with Gasteiger partial charge in [0.15, 0.2) is 16.4 Å². The van der Waals surface area contributed by atoms with Crippen LogP contribution in [-0.2, 0) is 14.6 Å². The van der Waals surface area contributed by atoms with Gasteiger partial charge in [0.05, 0.1) is 0 Å². The molecule has 0 aliphatic rings. The van der Waals surface area contributed by atoms with Crippen LogP contribution in [0.15, 0.2) is 36.3 Å². The number of nitrogens with two attached hydrogens (primary N) is 1. The molecule has 1 aromatic carbocycles. The molecule has 0 bridgehead atoms. The number of benzene rings is 1. The van der Waals surface area contributed by atoms with Crippen molar-refractivity contribution in [1.29, 1.82) is 0 Å². The highest BCUT2D eigenvalue weighted by Crippen LogP contribution is 2.12. The summed E-state index contributed by atoms with van der Waals surface area (Å²) in [7, 11) is -3.52. The smallest absolute Gasteiger partial charge is 0.258 e. The number of hydrogen-bond donors (Lipinski definition) is 2. The molecule has 104 valence electrons. The monoisotopic (exact) mass is 284 g/mol. The number of rotatable bonds is 6. The van der Waals surface area contributed by atoms with Crippen molar-refractivity contribution >= 4 is 21.4 Å². The van der Waals surface area contributed by atoms with Gasteiger partial charge in [-0.25, -0.2) is 8.42 Å². The lowest BCUT2D eigenvalue weighted by molar-refractivity contribution is -0.123. The van der Waals surface area contributed by atoms with Gasteiger partial charge in [-0.1, -0.05) is 6.58 Å². The number of hydrogen-bond acceptors (Lipinski definition) is 5. The minimum Gasteiger partial charge on any atom is -0.484 e. The van der Waals surface area contributed by atoms with Gasteiger partial charge in [-0.2, -0.15) is 0 Å². The van der Waals surface area contributed by atoms with Crippen molar-refractivity contribution in [1.82, 2.24) is 5.32 Å². The van der Waals surface area contributed by atoms with Gasteiger partial charge in [0.2, 0.25) is 0 Å². The molecule has 0 fully saturated rings. The maximum absolute atomic E-state index is 11.5. The third kappa shape index (κ3) is 4.63. The SMILES string of the molecule is C=CS(=O)(=O)C(C)NC(=O)COc1ccc(N)cc1. The van der Waals surface area contributed by atoms with Crippen LogP contribution in [0.25, 0.3) is 0 Å². The molecule has 1 amide bonds. The number of nitrogen functional groups attached to an aromatic ring is 1. The first kappa shape index (κ1) is 15.0. The van der Waals surface area contributed by atoms with E-state index in [0.29, 0.717) is 11.4 Å². The Kier molecular flexibility index (Phi) is 4.94. The van der Waals surface area contributed by atoms with Crippen LogP contribution in [-0.4, -0.2) is 26.3 Å². The van der Waals surface area contributed by atoms with E-state index in [1.165, 1.54) is 6.92 Å². The number of carbonyl (C=O) groups excluding carboxylic acids is 1. The van der Waals surface area contributed by atoms with Crippen molar-refractivity contribution < 1.29 is 17.9 Å². The molecule has 1 aromatic rings. The van der Waals surface area contributed by atoms with Crippen molar-refractivity contribution in [3.05, 3.63) is 36.3 Å². The van der Waals surface area contributed by atoms with Crippen LogP contribution in [0.2, 0.25) is 0 Å². The highest BCUT2D eigenvalue weighted by molar-refractivity contribution is 7.94. The Morgan fingerprint density at radius 1 is 1.47 bits per heavy atom. The molecule has 0 aliphatic heterocycles. The summed E-state index contributed by atoms with van der Waals surface area (Å²) in [6.45, 7) is 4.26. The molecule has 7 heteroatoms. The average molecular weight is 284 g/mol. The summed E-state index contributed by atoms with van der Waals surface area (Å²) >= 11 is 0. The van der Waals surface area contributed by atoms with E-state index in [1.54, 1.807) is 24.3 Å². The molecule has 0 spiro atoms. The molecule has 19 heavy (non-hydrogen) atoms. The van der Waals surface area contributed by atoms with Gasteiger partial charge in [-0.3, -0.25) is 4.79 Å². The quantitative estimate of drug-likeness (QED) is 0.748. The van der Waals surface area contributed by atoms with Crippen molar-refractivity contribution in [2.24, 2.45) is 0 Å². The first-order chi connectivity index (χ1) is 8.85. The van der Waals surface area contributed by atoms with Gasteiger partial charge in [0, 0.05) is 11.1 Å². The zero-order valence-corrected chi connectivity index (χ0v) is 11.3. The van der Waals surface area contributed by atoms with Gasteiger partial charge >= 0.3 is 0 Å². The second-order valence-corrected chi connectivity index (χ2v) is 6.04. The van der Waals surface area contributed by atoms with Gasteiger partial charge in [0.1, 0.15) is 11.1 Å². The lowest BCUT2D eigenvalue weighted by Gasteiger charge is -2.12. The van der Waals surface area contributed by atoms with E-state index in [9.17, 15) is 13.2 Å². The average Bonchev–Trinajstić information content (AvgIpc) is 2.38. The highest BCUT2D eigenvalue weighted by Gasteiger charge is 2.19. The normalized spacial score (nSPS) is 12.5. The van der Waals surface area contributed by atoms with Gasteiger partial charge < -0.3 is 15.8 Å². The Morgan fingerprint density at radius 3 is 2.58 bits per heavy atom. The number of sulfone groups is 1. The minimum absolute atomic E-state index is 0.277. The zero-order chi connectivity index (χ0) is 14.5. The summed E-state index contributed by atoms with van der Waals surface area (Å²) in [6.07, 6.45) is 0. The van der Waals surface area contributed by atoms with Crippen molar-refractivity contribution in [2.75, 3.05) is 12.3 Å². The van der Waals surface area contributed by atoms with E-state index in [1.807, 2.05) is 0 Å². The molecule has 0 aliphatic carbocycles. The van der Waals surface area contributed by atoms with E-state index < -0.39 is 21.1 Å². The molecular weight excluding hydrogens is 268 g/mol. The predicted octanol–water partition coefficient (Wildman–Crippen LogP) is 0.668. The van der Waals surface area contributed by atoms with Crippen LogP contribution < -0.4 is 15.8 Å². The van der Waals surface area contributed by atoms with Crippen LogP contribution in [0.4, 0.5) is 5.69 Å². The second kappa shape index (κ2) is 6.24. The first-order valence-electron chi connectivity index (χ1n) is 5.49. The fourth-order valence-electron chi connectivity index (χ4n) is 1.21. The summed E-state index contributed by atoms with van der Waals surface area (Å²) in [6, 6.07) is 6.51. The Hall–Kier alpha value is -2.02. The molecule has 1 rings (SSSR count). The zero-order valence-electron chi connectivity index (χ0n) is 10.5. The summed E-state index contributed by atoms with van der Waals surface area (Å²) in [5, 5.41) is 2.07.